The molecular formula is C11H11N. The average Bonchev–Trinajstić information content (AvgIpc) is 2.05. The van der Waals surface area contributed by atoms with Gasteiger partial charge in [0, 0.05) is 11.3 Å². The van der Waals surface area contributed by atoms with E-state index in [1.165, 1.54) is 0 Å². The minimum Gasteiger partial charge on any atom is -0.258 e. The third kappa shape index (κ3) is 2.25. The summed E-state index contributed by atoms with van der Waals surface area (Å²) in [5.74, 6) is 2.56. The summed E-state index contributed by atoms with van der Waals surface area (Å²) in [4.78, 5) is 4.28. The van der Waals surface area contributed by atoms with Crippen molar-refractivity contribution in [1.82, 2.24) is 0 Å². The van der Waals surface area contributed by atoms with Gasteiger partial charge in [-0.15, -0.1) is 6.42 Å². The summed E-state index contributed by atoms with van der Waals surface area (Å²) in [5, 5.41) is 0. The fourth-order valence-electron chi connectivity index (χ4n) is 0.890. The van der Waals surface area contributed by atoms with E-state index in [4.69, 9.17) is 6.42 Å². The first-order valence-electron chi connectivity index (χ1n) is 3.81. The molecule has 1 aromatic rings. The molecule has 1 rings (SSSR count). The van der Waals surface area contributed by atoms with Crippen molar-refractivity contribution in [2.45, 2.75) is 13.8 Å². The standard InChI is InChI=1S/C11H11N/c1-4-10-5-7-11(8-6-10)12-9(2)3/h1,5-8H,2-3H3. The molecule has 0 unspecified atom stereocenters. The molecule has 1 aromatic carbocycles. The van der Waals surface area contributed by atoms with Crippen LogP contribution in [0.25, 0.3) is 0 Å². The van der Waals surface area contributed by atoms with Crippen LogP contribution in [-0.2, 0) is 0 Å². The molecule has 0 spiro atoms. The second-order valence-electron chi connectivity index (χ2n) is 2.75. The maximum absolute atomic E-state index is 5.22. The first-order chi connectivity index (χ1) is 5.72. The smallest absolute Gasteiger partial charge is 0.0629 e. The number of aliphatic imine (C=N–C) groups is 1. The van der Waals surface area contributed by atoms with Crippen LogP contribution in [0.3, 0.4) is 0 Å². The molecule has 1 heteroatoms. The molecule has 0 aliphatic rings. The minimum absolute atomic E-state index is 0.891. The molecule has 0 atom stereocenters. The number of nitrogens with zero attached hydrogens (tertiary/aromatic N) is 1. The summed E-state index contributed by atoms with van der Waals surface area (Å²) in [5.41, 5.74) is 2.89. The maximum atomic E-state index is 5.22. The van der Waals surface area contributed by atoms with Crippen molar-refractivity contribution >= 4 is 11.4 Å². The molecule has 0 aromatic heterocycles. The van der Waals surface area contributed by atoms with Crippen LogP contribution in [0.2, 0.25) is 0 Å². The largest absolute Gasteiger partial charge is 0.258 e. The molecule has 12 heavy (non-hydrogen) atoms. The van der Waals surface area contributed by atoms with Crippen molar-refractivity contribution in [2.24, 2.45) is 4.99 Å². The second-order valence-corrected chi connectivity index (χ2v) is 2.75. The van der Waals surface area contributed by atoms with Crippen LogP contribution >= 0.6 is 0 Å². The number of hydrogen-bond donors (Lipinski definition) is 0. The Hall–Kier alpha value is -1.55. The van der Waals surface area contributed by atoms with Gasteiger partial charge in [-0.3, -0.25) is 4.99 Å². The zero-order valence-corrected chi connectivity index (χ0v) is 7.33. The van der Waals surface area contributed by atoms with Crippen molar-refractivity contribution in [2.75, 3.05) is 0 Å². The van der Waals surface area contributed by atoms with E-state index in [1.807, 2.05) is 38.1 Å². The van der Waals surface area contributed by atoms with E-state index >= 15 is 0 Å². The lowest BCUT2D eigenvalue weighted by Crippen LogP contribution is -1.78. The molecule has 0 aliphatic carbocycles. The predicted octanol–water partition coefficient (Wildman–Crippen LogP) is 2.78. The molecule has 0 radical (unpaired) electrons. The van der Waals surface area contributed by atoms with Crippen molar-refractivity contribution in [1.29, 1.82) is 0 Å². The van der Waals surface area contributed by atoms with E-state index in [9.17, 15) is 0 Å². The summed E-state index contributed by atoms with van der Waals surface area (Å²) >= 11 is 0. The zero-order valence-electron chi connectivity index (χ0n) is 7.33. The first-order valence-corrected chi connectivity index (χ1v) is 3.81. The zero-order chi connectivity index (χ0) is 8.97. The molecule has 0 amide bonds. The van der Waals surface area contributed by atoms with Crippen molar-refractivity contribution in [3.63, 3.8) is 0 Å². The first kappa shape index (κ1) is 8.55. The van der Waals surface area contributed by atoms with Crippen molar-refractivity contribution < 1.29 is 0 Å². The van der Waals surface area contributed by atoms with Gasteiger partial charge in [-0.05, 0) is 38.1 Å². The summed E-state index contributed by atoms with van der Waals surface area (Å²) in [7, 11) is 0. The van der Waals surface area contributed by atoms with Gasteiger partial charge < -0.3 is 0 Å². The normalized spacial score (nSPS) is 8.75. The summed E-state index contributed by atoms with van der Waals surface area (Å²) < 4.78 is 0. The van der Waals surface area contributed by atoms with Gasteiger partial charge in [0.1, 0.15) is 0 Å². The highest BCUT2D eigenvalue weighted by molar-refractivity contribution is 5.82. The Morgan fingerprint density at radius 1 is 1.25 bits per heavy atom. The van der Waals surface area contributed by atoms with Gasteiger partial charge in [-0.25, -0.2) is 0 Å². The lowest BCUT2D eigenvalue weighted by Gasteiger charge is -1.94. The molecule has 0 bridgehead atoms. The van der Waals surface area contributed by atoms with Crippen LogP contribution in [0.15, 0.2) is 29.3 Å². The Morgan fingerprint density at radius 3 is 2.25 bits per heavy atom. The fourth-order valence-corrected chi connectivity index (χ4v) is 0.890. The van der Waals surface area contributed by atoms with E-state index < -0.39 is 0 Å². The van der Waals surface area contributed by atoms with Gasteiger partial charge in [0.05, 0.1) is 5.69 Å². The Kier molecular flexibility index (Phi) is 2.66. The van der Waals surface area contributed by atoms with Gasteiger partial charge >= 0.3 is 0 Å². The van der Waals surface area contributed by atoms with Crippen LogP contribution in [0, 0.1) is 12.3 Å². The molecule has 0 heterocycles. The van der Waals surface area contributed by atoms with Gasteiger partial charge in [0.2, 0.25) is 0 Å². The van der Waals surface area contributed by atoms with Gasteiger partial charge in [-0.2, -0.15) is 0 Å². The molecule has 60 valence electrons. The van der Waals surface area contributed by atoms with Crippen LogP contribution < -0.4 is 0 Å². The minimum atomic E-state index is 0.891. The Bertz CT molecular complexity index is 321. The summed E-state index contributed by atoms with van der Waals surface area (Å²) in [6.45, 7) is 3.93. The van der Waals surface area contributed by atoms with Gasteiger partial charge in [0.25, 0.3) is 0 Å². The molecular weight excluding hydrogens is 146 g/mol. The van der Waals surface area contributed by atoms with E-state index in [1.54, 1.807) is 0 Å². The predicted molar refractivity (Wildman–Crippen MR) is 52.8 cm³/mol. The highest BCUT2D eigenvalue weighted by Crippen LogP contribution is 2.12. The van der Waals surface area contributed by atoms with Crippen LogP contribution in [0.1, 0.15) is 19.4 Å². The van der Waals surface area contributed by atoms with Crippen LogP contribution in [0.5, 0.6) is 0 Å². The summed E-state index contributed by atoms with van der Waals surface area (Å²) in [6.07, 6.45) is 5.22. The quantitative estimate of drug-likeness (QED) is 0.439. The molecule has 1 nitrogen and oxygen atoms in total. The fraction of sp³-hybridized carbons (Fsp3) is 0.182. The Morgan fingerprint density at radius 2 is 1.83 bits per heavy atom. The SMILES string of the molecule is C#Cc1ccc(N=C(C)C)cc1. The molecule has 0 N–H and O–H groups in total. The molecule has 0 saturated carbocycles. The highest BCUT2D eigenvalue weighted by atomic mass is 14.7. The Labute approximate surface area is 73.2 Å². The Balaban J connectivity index is 2.95. The number of terminal acetylenes is 1. The molecule has 0 saturated heterocycles. The average molecular weight is 157 g/mol. The van der Waals surface area contributed by atoms with E-state index in [-0.39, 0.29) is 0 Å². The third-order valence-corrected chi connectivity index (χ3v) is 1.39. The third-order valence-electron chi connectivity index (χ3n) is 1.39. The monoisotopic (exact) mass is 157 g/mol. The van der Waals surface area contributed by atoms with Gasteiger partial charge in [-0.1, -0.05) is 5.92 Å². The topological polar surface area (TPSA) is 12.4 Å². The van der Waals surface area contributed by atoms with E-state index in [2.05, 4.69) is 10.9 Å². The molecule has 0 fully saturated rings. The van der Waals surface area contributed by atoms with Gasteiger partial charge in [0.15, 0.2) is 0 Å². The van der Waals surface area contributed by atoms with Crippen molar-refractivity contribution in [3.8, 4) is 12.3 Å². The number of hydrogen-bond acceptors (Lipinski definition) is 1. The van der Waals surface area contributed by atoms with E-state index in [0.29, 0.717) is 0 Å². The number of benzene rings is 1. The molecule has 0 aliphatic heterocycles. The van der Waals surface area contributed by atoms with Crippen LogP contribution in [0.4, 0.5) is 5.69 Å². The second kappa shape index (κ2) is 3.73. The van der Waals surface area contributed by atoms with Crippen LogP contribution in [-0.4, -0.2) is 5.71 Å². The highest BCUT2D eigenvalue weighted by Gasteiger charge is 1.88. The lowest BCUT2D eigenvalue weighted by atomic mass is 10.2. The maximum Gasteiger partial charge on any atom is 0.0629 e. The van der Waals surface area contributed by atoms with E-state index in [0.717, 1.165) is 17.0 Å². The lowest BCUT2D eigenvalue weighted by molar-refractivity contribution is 1.47. The number of rotatable bonds is 1. The summed E-state index contributed by atoms with van der Waals surface area (Å²) in [6, 6.07) is 7.62. The van der Waals surface area contributed by atoms with Crippen molar-refractivity contribution in [3.05, 3.63) is 29.8 Å².